The summed E-state index contributed by atoms with van der Waals surface area (Å²) in [7, 11) is 0.0706. The van der Waals surface area contributed by atoms with Gasteiger partial charge in [-0.05, 0) is 44.4 Å². The van der Waals surface area contributed by atoms with Gasteiger partial charge in [-0.3, -0.25) is 4.21 Å². The third kappa shape index (κ3) is 4.45. The number of aryl methyl sites for hydroxylation is 2. The molecule has 0 radical (unpaired) electrons. The van der Waals surface area contributed by atoms with Crippen LogP contribution in [0.5, 0.6) is 0 Å². The average molecular weight is 423 g/mol. The van der Waals surface area contributed by atoms with Gasteiger partial charge in [0.15, 0.2) is 5.82 Å². The van der Waals surface area contributed by atoms with E-state index in [0.717, 1.165) is 28.9 Å². The summed E-state index contributed by atoms with van der Waals surface area (Å²) in [5, 5.41) is 0. The van der Waals surface area contributed by atoms with E-state index in [0.29, 0.717) is 30.8 Å². The lowest BCUT2D eigenvalue weighted by Gasteiger charge is -2.20. The maximum atomic E-state index is 13.8. The van der Waals surface area contributed by atoms with Crippen molar-refractivity contribution in [1.29, 1.82) is 0 Å². The molecule has 2 atom stereocenters. The Morgan fingerprint density at radius 2 is 2.07 bits per heavy atom. The van der Waals surface area contributed by atoms with Crippen molar-refractivity contribution in [3.63, 3.8) is 0 Å². The molecular formula is C20H24F2N4O2S. The highest BCUT2D eigenvalue weighted by Crippen LogP contribution is 2.28. The molecule has 2 heterocycles. The van der Waals surface area contributed by atoms with Gasteiger partial charge in [0.25, 0.3) is 0 Å². The Balaban J connectivity index is 1.78. The Morgan fingerprint density at radius 3 is 2.76 bits per heavy atom. The van der Waals surface area contributed by atoms with Gasteiger partial charge in [-0.1, -0.05) is 0 Å². The van der Waals surface area contributed by atoms with Crippen LogP contribution in [0.4, 0.5) is 14.6 Å². The molecule has 0 fully saturated rings. The normalized spacial score (nSPS) is 13.7. The number of methoxy groups -OCH3 is 1. The molecule has 0 saturated carbocycles. The number of aromatic nitrogens is 3. The predicted octanol–water partition coefficient (Wildman–Crippen LogP) is 3.68. The molecule has 2 aromatic heterocycles. The Kier molecular flexibility index (Phi) is 6.59. The minimum Gasteiger partial charge on any atom is -0.383 e. The van der Waals surface area contributed by atoms with E-state index in [9.17, 15) is 13.0 Å². The molecule has 0 bridgehead atoms. The first-order valence-electron chi connectivity index (χ1n) is 9.25. The van der Waals surface area contributed by atoms with Crippen LogP contribution in [0.3, 0.4) is 0 Å². The van der Waals surface area contributed by atoms with Gasteiger partial charge in [0, 0.05) is 24.6 Å². The minimum atomic E-state index is -1.55. The van der Waals surface area contributed by atoms with E-state index in [1.807, 2.05) is 18.4 Å². The van der Waals surface area contributed by atoms with Crippen LogP contribution in [-0.4, -0.2) is 38.2 Å². The van der Waals surface area contributed by atoms with Crippen LogP contribution in [0, 0.1) is 25.5 Å². The van der Waals surface area contributed by atoms with Crippen molar-refractivity contribution in [1.82, 2.24) is 14.5 Å². The summed E-state index contributed by atoms with van der Waals surface area (Å²) in [4.78, 5) is 8.75. The van der Waals surface area contributed by atoms with E-state index >= 15 is 0 Å². The van der Waals surface area contributed by atoms with E-state index in [-0.39, 0.29) is 16.7 Å². The number of ether oxygens (including phenoxy) is 1. The Labute approximate surface area is 170 Å². The highest BCUT2D eigenvalue weighted by atomic mass is 32.2. The smallest absolute Gasteiger partial charge is 0.151 e. The van der Waals surface area contributed by atoms with Crippen LogP contribution in [0.2, 0.25) is 0 Å². The van der Waals surface area contributed by atoms with Gasteiger partial charge in [-0.2, -0.15) is 0 Å². The summed E-state index contributed by atoms with van der Waals surface area (Å²) in [5.41, 5.74) is 9.40. The average Bonchev–Trinajstić information content (AvgIpc) is 3.11. The fourth-order valence-electron chi connectivity index (χ4n) is 3.40. The van der Waals surface area contributed by atoms with Crippen LogP contribution >= 0.6 is 0 Å². The summed E-state index contributed by atoms with van der Waals surface area (Å²) in [6.07, 6.45) is 2.93. The third-order valence-electron chi connectivity index (χ3n) is 4.98. The van der Waals surface area contributed by atoms with Gasteiger partial charge in [-0.15, -0.1) is 0 Å². The molecule has 1 aromatic carbocycles. The number of halogens is 2. The number of pyridine rings is 1. The van der Waals surface area contributed by atoms with Gasteiger partial charge in [0.05, 0.1) is 40.2 Å². The molecule has 3 rings (SSSR count). The quantitative estimate of drug-likeness (QED) is 0.599. The molecule has 29 heavy (non-hydrogen) atoms. The summed E-state index contributed by atoms with van der Waals surface area (Å²) in [6, 6.07) is 3.05. The third-order valence-corrected chi connectivity index (χ3v) is 6.46. The van der Waals surface area contributed by atoms with Crippen LogP contribution in [0.25, 0.3) is 11.0 Å². The first kappa shape index (κ1) is 21.3. The number of rotatable bonds is 8. The number of benzene rings is 1. The fraction of sp³-hybridized carbons (Fsp3) is 0.400. The Bertz CT molecular complexity index is 1050. The maximum absolute atomic E-state index is 13.8. The number of nitrogens with two attached hydrogens (primary N) is 1. The molecule has 0 saturated heterocycles. The number of hydrogen-bond donors (Lipinski definition) is 1. The summed E-state index contributed by atoms with van der Waals surface area (Å²) >= 11 is 0. The summed E-state index contributed by atoms with van der Waals surface area (Å²) < 4.78 is 46.7. The number of nitrogens with zero attached hydrogens (tertiary/aromatic N) is 3. The zero-order valence-electron chi connectivity index (χ0n) is 16.6. The summed E-state index contributed by atoms with van der Waals surface area (Å²) in [5.74, 6) is -0.830. The van der Waals surface area contributed by atoms with Crippen molar-refractivity contribution < 1.29 is 17.7 Å². The van der Waals surface area contributed by atoms with Gasteiger partial charge < -0.3 is 15.0 Å². The molecule has 2 N–H and O–H groups in total. The lowest BCUT2D eigenvalue weighted by Crippen LogP contribution is -2.16. The van der Waals surface area contributed by atoms with Crippen LogP contribution in [0.1, 0.15) is 30.1 Å². The second-order valence-corrected chi connectivity index (χ2v) is 8.47. The minimum absolute atomic E-state index is 0.0214. The van der Waals surface area contributed by atoms with Crippen molar-refractivity contribution in [3.05, 3.63) is 47.4 Å². The summed E-state index contributed by atoms with van der Waals surface area (Å²) in [6.45, 7) is 4.30. The van der Waals surface area contributed by atoms with Gasteiger partial charge in [0.2, 0.25) is 0 Å². The molecule has 0 aliphatic carbocycles. The molecule has 0 aliphatic heterocycles. The number of anilines is 1. The maximum Gasteiger partial charge on any atom is 0.151 e. The molecule has 156 valence electrons. The molecule has 6 nitrogen and oxygen atoms in total. The lowest BCUT2D eigenvalue weighted by atomic mass is 10.1. The fourth-order valence-corrected chi connectivity index (χ4v) is 4.55. The highest BCUT2D eigenvalue weighted by Gasteiger charge is 2.19. The monoisotopic (exact) mass is 422 g/mol. The number of nitrogen functional groups attached to an aromatic ring is 1. The Hall–Kier alpha value is -2.39. The Morgan fingerprint density at radius 1 is 1.31 bits per heavy atom. The zero-order valence-corrected chi connectivity index (χ0v) is 17.4. The van der Waals surface area contributed by atoms with Crippen molar-refractivity contribution in [2.24, 2.45) is 0 Å². The van der Waals surface area contributed by atoms with Crippen LogP contribution in [0.15, 0.2) is 29.4 Å². The SMILES string of the molecule is COCC(CCCS(=O)c1ccc(F)cc1F)n1cnc2c(N)nc(C)c(C)c21. The van der Waals surface area contributed by atoms with Crippen molar-refractivity contribution in [3.8, 4) is 0 Å². The van der Waals surface area contributed by atoms with Crippen LogP contribution in [-0.2, 0) is 15.5 Å². The van der Waals surface area contributed by atoms with Crippen LogP contribution < -0.4 is 5.73 Å². The topological polar surface area (TPSA) is 83.0 Å². The predicted molar refractivity (Wildman–Crippen MR) is 109 cm³/mol. The second-order valence-electron chi connectivity index (χ2n) is 6.93. The van der Waals surface area contributed by atoms with E-state index < -0.39 is 22.4 Å². The van der Waals surface area contributed by atoms with E-state index in [2.05, 4.69) is 9.97 Å². The van der Waals surface area contributed by atoms with Gasteiger partial charge in [-0.25, -0.2) is 18.7 Å². The number of hydrogen-bond acceptors (Lipinski definition) is 5. The standard InChI is InChI=1S/C20H24F2N4O2S/c1-12-13(2)25-20(23)18-19(12)26(11-24-18)15(10-28-3)5-4-8-29(27)17-7-6-14(21)9-16(17)22/h6-7,9,11,15H,4-5,8,10H2,1-3H3,(H2,23,25). The largest absolute Gasteiger partial charge is 0.383 e. The molecular weight excluding hydrogens is 398 g/mol. The zero-order chi connectivity index (χ0) is 21.1. The first-order chi connectivity index (χ1) is 13.8. The van der Waals surface area contributed by atoms with E-state index in [4.69, 9.17) is 10.5 Å². The number of fused-ring (bicyclic) bond motifs is 1. The van der Waals surface area contributed by atoms with Gasteiger partial charge in [0.1, 0.15) is 17.2 Å². The molecule has 2 unspecified atom stereocenters. The highest BCUT2D eigenvalue weighted by molar-refractivity contribution is 7.85. The first-order valence-corrected chi connectivity index (χ1v) is 10.6. The molecule has 0 spiro atoms. The second kappa shape index (κ2) is 8.96. The lowest BCUT2D eigenvalue weighted by molar-refractivity contribution is 0.152. The molecule has 3 aromatic rings. The number of imidazole rings is 1. The van der Waals surface area contributed by atoms with Crippen molar-refractivity contribution >= 4 is 27.7 Å². The van der Waals surface area contributed by atoms with E-state index in [1.165, 1.54) is 6.07 Å². The van der Waals surface area contributed by atoms with E-state index in [1.54, 1.807) is 13.4 Å². The molecule has 0 amide bonds. The molecule has 0 aliphatic rings. The molecule has 9 heteroatoms. The van der Waals surface area contributed by atoms with Gasteiger partial charge >= 0.3 is 0 Å². The van der Waals surface area contributed by atoms with Crippen molar-refractivity contribution in [2.45, 2.75) is 37.6 Å². The van der Waals surface area contributed by atoms with Crippen molar-refractivity contribution in [2.75, 3.05) is 25.2 Å².